The zero-order chi connectivity index (χ0) is 17.1. The minimum atomic E-state index is -1.05. The molecule has 0 aromatic heterocycles. The van der Waals surface area contributed by atoms with Gasteiger partial charge in [0, 0.05) is 29.6 Å². The third-order valence-corrected chi connectivity index (χ3v) is 4.99. The maximum Gasteiger partial charge on any atom is 0.244 e. The van der Waals surface area contributed by atoms with Gasteiger partial charge in [-0.3, -0.25) is 9.69 Å². The van der Waals surface area contributed by atoms with Gasteiger partial charge in [-0.15, -0.1) is 0 Å². The van der Waals surface area contributed by atoms with E-state index in [9.17, 15) is 4.79 Å². The minimum absolute atomic E-state index is 0.130. The fraction of sp³-hybridized carbons (Fsp3) is 0.588. The fourth-order valence-electron chi connectivity index (χ4n) is 2.69. The van der Waals surface area contributed by atoms with Crippen molar-refractivity contribution in [1.29, 1.82) is 0 Å². The molecule has 1 unspecified atom stereocenters. The molecule has 2 rings (SSSR count). The summed E-state index contributed by atoms with van der Waals surface area (Å²) in [6, 6.07) is 7.53. The van der Waals surface area contributed by atoms with Gasteiger partial charge in [0.15, 0.2) is 0 Å². The number of rotatable bonds is 5. The molecule has 1 aliphatic rings. The molecule has 1 amide bonds. The highest BCUT2D eigenvalue weighted by Crippen LogP contribution is 2.21. The lowest BCUT2D eigenvalue weighted by molar-refractivity contribution is -0.126. The molecule has 0 radical (unpaired) electrons. The second-order valence-corrected chi connectivity index (χ2v) is 7.72. The van der Waals surface area contributed by atoms with Gasteiger partial charge >= 0.3 is 0 Å². The number of morpholine rings is 1. The number of benzene rings is 1. The molecular weight excluding hydrogens is 358 g/mol. The molecule has 5 nitrogen and oxygen atoms in total. The maximum atomic E-state index is 12.6. The Morgan fingerprint density at radius 1 is 1.26 bits per heavy atom. The van der Waals surface area contributed by atoms with Gasteiger partial charge in [-0.25, -0.2) is 0 Å². The van der Waals surface area contributed by atoms with E-state index in [1.165, 1.54) is 0 Å². The number of halogens is 1. The van der Waals surface area contributed by atoms with Gasteiger partial charge in [0.25, 0.3) is 0 Å². The number of nitrogens with two attached hydrogens (primary N) is 1. The zero-order valence-electron chi connectivity index (χ0n) is 14.1. The summed E-state index contributed by atoms with van der Waals surface area (Å²) in [5.74, 6) is -0.166. The number of amides is 1. The van der Waals surface area contributed by atoms with Gasteiger partial charge in [0.1, 0.15) is 5.54 Å². The number of carbonyl (C=O) groups is 1. The van der Waals surface area contributed by atoms with E-state index in [1.807, 2.05) is 24.3 Å². The highest BCUT2D eigenvalue weighted by Gasteiger charge is 2.33. The van der Waals surface area contributed by atoms with E-state index in [-0.39, 0.29) is 11.4 Å². The van der Waals surface area contributed by atoms with Crippen LogP contribution < -0.4 is 11.1 Å². The lowest BCUT2D eigenvalue weighted by atomic mass is 9.91. The predicted molar refractivity (Wildman–Crippen MR) is 95.2 cm³/mol. The van der Waals surface area contributed by atoms with E-state index in [1.54, 1.807) is 6.92 Å². The first kappa shape index (κ1) is 18.4. The molecule has 1 atom stereocenters. The lowest BCUT2D eigenvalue weighted by Crippen LogP contribution is -2.58. The van der Waals surface area contributed by atoms with Crippen LogP contribution in [-0.4, -0.2) is 49.2 Å². The molecule has 1 aromatic carbocycles. The van der Waals surface area contributed by atoms with Crippen molar-refractivity contribution >= 4 is 21.8 Å². The zero-order valence-corrected chi connectivity index (χ0v) is 15.6. The molecular formula is C17H26BrN3O2. The molecule has 1 aromatic rings. The molecule has 1 heterocycles. The van der Waals surface area contributed by atoms with Crippen LogP contribution in [0.2, 0.25) is 0 Å². The van der Waals surface area contributed by atoms with E-state index in [2.05, 4.69) is 40.0 Å². The Labute approximate surface area is 146 Å². The van der Waals surface area contributed by atoms with Crippen molar-refractivity contribution in [2.24, 2.45) is 5.73 Å². The van der Waals surface area contributed by atoms with E-state index < -0.39 is 5.54 Å². The Bertz CT molecular complexity index is 537. The Hall–Kier alpha value is -0.950. The van der Waals surface area contributed by atoms with Crippen molar-refractivity contribution in [3.05, 3.63) is 34.3 Å². The summed E-state index contributed by atoms with van der Waals surface area (Å²) in [7, 11) is 0. The summed E-state index contributed by atoms with van der Waals surface area (Å²) >= 11 is 3.39. The van der Waals surface area contributed by atoms with Crippen molar-refractivity contribution in [3.8, 4) is 0 Å². The van der Waals surface area contributed by atoms with Crippen LogP contribution in [0.3, 0.4) is 0 Å². The average molecular weight is 384 g/mol. The molecule has 0 spiro atoms. The second-order valence-electron chi connectivity index (χ2n) is 6.80. The number of nitrogens with zero attached hydrogens (tertiary/aromatic N) is 1. The van der Waals surface area contributed by atoms with Crippen LogP contribution >= 0.6 is 15.9 Å². The smallest absolute Gasteiger partial charge is 0.244 e. The number of hydrogen-bond acceptors (Lipinski definition) is 4. The predicted octanol–water partition coefficient (Wildman–Crippen LogP) is 1.85. The van der Waals surface area contributed by atoms with E-state index in [0.717, 1.165) is 36.3 Å². The normalized spacial score (nSPS) is 19.2. The summed E-state index contributed by atoms with van der Waals surface area (Å²) in [6.45, 7) is 9.81. The van der Waals surface area contributed by atoms with Crippen LogP contribution in [0.4, 0.5) is 0 Å². The highest BCUT2D eigenvalue weighted by atomic mass is 79.9. The third kappa shape index (κ3) is 4.53. The van der Waals surface area contributed by atoms with Gasteiger partial charge in [0.2, 0.25) is 5.91 Å². The van der Waals surface area contributed by atoms with Crippen molar-refractivity contribution < 1.29 is 9.53 Å². The molecule has 6 heteroatoms. The summed E-state index contributed by atoms with van der Waals surface area (Å²) in [5, 5.41) is 3.02. The molecule has 0 bridgehead atoms. The van der Waals surface area contributed by atoms with Crippen LogP contribution in [-0.2, 0) is 15.1 Å². The highest BCUT2D eigenvalue weighted by molar-refractivity contribution is 9.10. The Balaban J connectivity index is 1.98. The maximum absolute atomic E-state index is 12.6. The van der Waals surface area contributed by atoms with Crippen molar-refractivity contribution in [1.82, 2.24) is 10.2 Å². The monoisotopic (exact) mass is 383 g/mol. The molecule has 1 fully saturated rings. The molecule has 1 saturated heterocycles. The lowest BCUT2D eigenvalue weighted by Gasteiger charge is -2.41. The number of ether oxygens (including phenoxy) is 1. The van der Waals surface area contributed by atoms with E-state index in [4.69, 9.17) is 10.5 Å². The quantitative estimate of drug-likeness (QED) is 0.813. The topological polar surface area (TPSA) is 67.6 Å². The van der Waals surface area contributed by atoms with Gasteiger partial charge in [-0.05, 0) is 38.5 Å². The minimum Gasteiger partial charge on any atom is -0.379 e. The molecule has 0 aliphatic carbocycles. The first-order valence-corrected chi connectivity index (χ1v) is 8.69. The summed E-state index contributed by atoms with van der Waals surface area (Å²) in [6.07, 6.45) is 0. The van der Waals surface area contributed by atoms with Gasteiger partial charge in [0.05, 0.1) is 13.2 Å². The molecule has 23 heavy (non-hydrogen) atoms. The Kier molecular flexibility index (Phi) is 5.84. The number of carbonyl (C=O) groups excluding carboxylic acids is 1. The van der Waals surface area contributed by atoms with Crippen molar-refractivity contribution in [2.75, 3.05) is 32.8 Å². The molecule has 0 saturated carbocycles. The first-order chi connectivity index (χ1) is 10.7. The van der Waals surface area contributed by atoms with Gasteiger partial charge in [-0.1, -0.05) is 28.1 Å². The molecule has 128 valence electrons. The summed E-state index contributed by atoms with van der Waals surface area (Å²) in [4.78, 5) is 14.9. The fourth-order valence-corrected chi connectivity index (χ4v) is 2.95. The summed E-state index contributed by atoms with van der Waals surface area (Å²) in [5.41, 5.74) is 5.89. The largest absolute Gasteiger partial charge is 0.379 e. The van der Waals surface area contributed by atoms with Crippen LogP contribution in [0.15, 0.2) is 28.7 Å². The SMILES string of the molecule is CC(N)(C(=O)NCC(C)(C)N1CCOCC1)c1ccc(Br)cc1. The molecule has 3 N–H and O–H groups in total. The molecule has 1 aliphatic heterocycles. The van der Waals surface area contributed by atoms with Crippen LogP contribution in [0.25, 0.3) is 0 Å². The summed E-state index contributed by atoms with van der Waals surface area (Å²) < 4.78 is 6.35. The van der Waals surface area contributed by atoms with Crippen LogP contribution in [0.1, 0.15) is 26.3 Å². The number of nitrogens with one attached hydrogen (secondary N) is 1. The standard InChI is InChI=1S/C17H26BrN3O2/c1-16(2,21-8-10-23-11-9-21)12-20-15(22)17(3,19)13-4-6-14(18)7-5-13/h4-7H,8-12,19H2,1-3H3,(H,20,22). The average Bonchev–Trinajstić information content (AvgIpc) is 2.54. The first-order valence-electron chi connectivity index (χ1n) is 7.89. The second kappa shape index (κ2) is 7.30. The van der Waals surface area contributed by atoms with Crippen LogP contribution in [0.5, 0.6) is 0 Å². The van der Waals surface area contributed by atoms with E-state index >= 15 is 0 Å². The van der Waals surface area contributed by atoms with Crippen molar-refractivity contribution in [2.45, 2.75) is 31.8 Å². The van der Waals surface area contributed by atoms with E-state index in [0.29, 0.717) is 6.54 Å². The third-order valence-electron chi connectivity index (χ3n) is 4.46. The van der Waals surface area contributed by atoms with Gasteiger partial charge < -0.3 is 15.8 Å². The van der Waals surface area contributed by atoms with Crippen molar-refractivity contribution in [3.63, 3.8) is 0 Å². The van der Waals surface area contributed by atoms with Crippen LogP contribution in [0, 0.1) is 0 Å². The van der Waals surface area contributed by atoms with Gasteiger partial charge in [-0.2, -0.15) is 0 Å². The Morgan fingerprint density at radius 2 is 1.83 bits per heavy atom. The Morgan fingerprint density at radius 3 is 2.39 bits per heavy atom. The number of hydrogen-bond donors (Lipinski definition) is 2.